The first kappa shape index (κ1) is 29.6. The predicted molar refractivity (Wildman–Crippen MR) is 149 cm³/mol. The minimum atomic E-state index is -4.81. The van der Waals surface area contributed by atoms with E-state index in [1.807, 2.05) is 18.5 Å². The van der Waals surface area contributed by atoms with Gasteiger partial charge in [0.05, 0.1) is 28.7 Å². The maximum atomic E-state index is 13.7. The van der Waals surface area contributed by atoms with E-state index < -0.39 is 23.5 Å². The van der Waals surface area contributed by atoms with Crippen molar-refractivity contribution in [3.8, 4) is 11.4 Å². The van der Waals surface area contributed by atoms with Gasteiger partial charge in [-0.1, -0.05) is 60.1 Å². The highest BCUT2D eigenvalue weighted by Crippen LogP contribution is 2.41. The number of hydrogen-bond acceptors (Lipinski definition) is 4. The minimum absolute atomic E-state index is 0.0160. The number of fused-ring (bicyclic) bond motifs is 1. The molecule has 1 amide bonds. The van der Waals surface area contributed by atoms with Crippen molar-refractivity contribution >= 4 is 5.91 Å². The van der Waals surface area contributed by atoms with E-state index in [-0.39, 0.29) is 17.5 Å². The molecule has 3 heterocycles. The number of nitrogens with zero attached hydrogens (tertiary/aromatic N) is 4. The zero-order valence-corrected chi connectivity index (χ0v) is 24.1. The summed E-state index contributed by atoms with van der Waals surface area (Å²) < 4.78 is 41.4. The number of aryl methyl sites for hydroxylation is 1. The third-order valence-electron chi connectivity index (χ3n) is 7.97. The molecule has 0 aliphatic carbocycles. The number of carbonyl (C=O) groups excluding carboxylic acids is 1. The molecular formula is C31H39F3N4O2. The first-order valence-corrected chi connectivity index (χ1v) is 14.1. The van der Waals surface area contributed by atoms with Crippen LogP contribution >= 0.6 is 0 Å². The second-order valence-corrected chi connectivity index (χ2v) is 11.5. The molecule has 2 unspecified atom stereocenters. The SMILES string of the molecule is CCC(C)CCc1nn(-c2ccc(C(C)C)cc2)c2c1C(C(C)C)N(C(=O)c1cnc(C(F)(F)F)c(O)c1)CC2. The molecular weight excluding hydrogens is 517 g/mol. The summed E-state index contributed by atoms with van der Waals surface area (Å²) in [7, 11) is 0. The third kappa shape index (κ3) is 5.88. The van der Waals surface area contributed by atoms with Crippen LogP contribution in [0.3, 0.4) is 0 Å². The van der Waals surface area contributed by atoms with Crippen LogP contribution in [0.4, 0.5) is 13.2 Å². The van der Waals surface area contributed by atoms with Crippen LogP contribution in [0.2, 0.25) is 0 Å². The van der Waals surface area contributed by atoms with Crippen molar-refractivity contribution in [1.82, 2.24) is 19.7 Å². The Hall–Kier alpha value is -3.36. The Balaban J connectivity index is 1.77. The van der Waals surface area contributed by atoms with Crippen LogP contribution in [-0.4, -0.2) is 37.2 Å². The Morgan fingerprint density at radius 2 is 1.80 bits per heavy atom. The number of aromatic hydroxyl groups is 1. The summed E-state index contributed by atoms with van der Waals surface area (Å²) in [6, 6.07) is 8.95. The fourth-order valence-electron chi connectivity index (χ4n) is 5.48. The van der Waals surface area contributed by atoms with Gasteiger partial charge in [0.25, 0.3) is 5.91 Å². The molecule has 4 rings (SSSR count). The van der Waals surface area contributed by atoms with Crippen molar-refractivity contribution in [3.05, 3.63) is 70.3 Å². The van der Waals surface area contributed by atoms with E-state index >= 15 is 0 Å². The molecule has 0 radical (unpaired) electrons. The number of rotatable bonds is 8. The van der Waals surface area contributed by atoms with Gasteiger partial charge in [-0.3, -0.25) is 4.79 Å². The summed E-state index contributed by atoms with van der Waals surface area (Å²) in [6.07, 6.45) is -0.571. The smallest absolute Gasteiger partial charge is 0.437 e. The molecule has 1 N–H and O–H groups in total. The van der Waals surface area contributed by atoms with Gasteiger partial charge < -0.3 is 10.0 Å². The van der Waals surface area contributed by atoms with Crippen molar-refractivity contribution in [2.24, 2.45) is 11.8 Å². The van der Waals surface area contributed by atoms with Gasteiger partial charge in [0.1, 0.15) is 5.75 Å². The molecule has 0 saturated carbocycles. The highest BCUT2D eigenvalue weighted by atomic mass is 19.4. The van der Waals surface area contributed by atoms with Crippen LogP contribution in [0.25, 0.3) is 5.69 Å². The minimum Gasteiger partial charge on any atom is -0.506 e. The van der Waals surface area contributed by atoms with Gasteiger partial charge in [-0.05, 0) is 54.4 Å². The van der Waals surface area contributed by atoms with Crippen molar-refractivity contribution in [1.29, 1.82) is 0 Å². The summed E-state index contributed by atoms with van der Waals surface area (Å²) in [5, 5.41) is 15.1. The third-order valence-corrected chi connectivity index (χ3v) is 7.97. The second-order valence-electron chi connectivity index (χ2n) is 11.5. The van der Waals surface area contributed by atoms with E-state index in [1.54, 1.807) is 4.90 Å². The van der Waals surface area contributed by atoms with Crippen LogP contribution in [0.15, 0.2) is 36.5 Å². The number of aromatic nitrogens is 3. The van der Waals surface area contributed by atoms with Gasteiger partial charge in [-0.25, -0.2) is 9.67 Å². The lowest BCUT2D eigenvalue weighted by molar-refractivity contribution is -0.142. The van der Waals surface area contributed by atoms with Crippen LogP contribution < -0.4 is 0 Å². The zero-order chi connectivity index (χ0) is 29.4. The molecule has 40 heavy (non-hydrogen) atoms. The van der Waals surface area contributed by atoms with Gasteiger partial charge in [0.15, 0.2) is 5.69 Å². The number of benzene rings is 1. The zero-order valence-electron chi connectivity index (χ0n) is 24.1. The van der Waals surface area contributed by atoms with Gasteiger partial charge in [0, 0.05) is 24.7 Å². The molecule has 0 saturated heterocycles. The van der Waals surface area contributed by atoms with Crippen LogP contribution in [0, 0.1) is 11.8 Å². The Morgan fingerprint density at radius 3 is 2.35 bits per heavy atom. The summed E-state index contributed by atoms with van der Waals surface area (Å²) >= 11 is 0. The predicted octanol–water partition coefficient (Wildman–Crippen LogP) is 7.49. The Morgan fingerprint density at radius 1 is 1.12 bits per heavy atom. The van der Waals surface area contributed by atoms with Crippen LogP contribution in [0.5, 0.6) is 5.75 Å². The standard InChI is InChI=1S/C31H39F3N4O2/c1-7-20(6)8-13-24-27-25(38(36-24)23-11-9-21(10-12-23)18(2)3)14-15-37(28(27)19(4)5)30(40)22-16-26(39)29(35-17-22)31(32,33)34/h9-12,16-20,28,39H,7-8,13-15H2,1-6H3. The lowest BCUT2D eigenvalue weighted by Gasteiger charge is -2.39. The van der Waals surface area contributed by atoms with Gasteiger partial charge in [0.2, 0.25) is 0 Å². The molecule has 0 spiro atoms. The lowest BCUT2D eigenvalue weighted by Crippen LogP contribution is -2.42. The number of amides is 1. The van der Waals surface area contributed by atoms with Gasteiger partial charge in [-0.2, -0.15) is 18.3 Å². The molecule has 1 aliphatic heterocycles. The van der Waals surface area contributed by atoms with Crippen LogP contribution in [0.1, 0.15) is 105 Å². The number of carbonyl (C=O) groups is 1. The van der Waals surface area contributed by atoms with E-state index in [4.69, 9.17) is 5.10 Å². The summed E-state index contributed by atoms with van der Waals surface area (Å²) in [6.45, 7) is 13.1. The van der Waals surface area contributed by atoms with Crippen molar-refractivity contribution in [2.45, 2.75) is 85.4 Å². The van der Waals surface area contributed by atoms with E-state index in [2.05, 4.69) is 56.9 Å². The number of pyridine rings is 1. The fourth-order valence-corrected chi connectivity index (χ4v) is 5.48. The summed E-state index contributed by atoms with van der Waals surface area (Å²) in [5.41, 5.74) is 3.77. The van der Waals surface area contributed by atoms with Gasteiger partial charge >= 0.3 is 6.18 Å². The molecule has 1 aliphatic rings. The molecule has 216 valence electrons. The number of halogens is 3. The van der Waals surface area contributed by atoms with Gasteiger partial charge in [-0.15, -0.1) is 0 Å². The second kappa shape index (κ2) is 11.6. The molecule has 2 aromatic heterocycles. The van der Waals surface area contributed by atoms with E-state index in [1.165, 1.54) is 5.56 Å². The largest absolute Gasteiger partial charge is 0.506 e. The summed E-state index contributed by atoms with van der Waals surface area (Å²) in [4.78, 5) is 18.8. The highest BCUT2D eigenvalue weighted by molar-refractivity contribution is 5.95. The first-order valence-electron chi connectivity index (χ1n) is 14.1. The number of alkyl halides is 3. The average molecular weight is 557 g/mol. The normalized spacial score (nSPS) is 16.5. The molecule has 0 fully saturated rings. The summed E-state index contributed by atoms with van der Waals surface area (Å²) in [5.74, 6) is -0.559. The Kier molecular flexibility index (Phi) is 8.61. The maximum Gasteiger partial charge on any atom is 0.437 e. The molecule has 0 bridgehead atoms. The quantitative estimate of drug-likeness (QED) is 0.312. The molecule has 3 aromatic rings. The maximum absolute atomic E-state index is 13.7. The van der Waals surface area contributed by atoms with Crippen molar-refractivity contribution < 1.29 is 23.1 Å². The van der Waals surface area contributed by atoms with E-state index in [9.17, 15) is 23.1 Å². The topological polar surface area (TPSA) is 71.2 Å². The van der Waals surface area contributed by atoms with Crippen molar-refractivity contribution in [2.75, 3.05) is 6.54 Å². The Labute approximate surface area is 234 Å². The average Bonchev–Trinajstić information content (AvgIpc) is 3.28. The monoisotopic (exact) mass is 556 g/mol. The highest BCUT2D eigenvalue weighted by Gasteiger charge is 2.40. The number of hydrogen-bond donors (Lipinski definition) is 1. The molecule has 9 heteroatoms. The van der Waals surface area contributed by atoms with E-state index in [0.717, 1.165) is 54.2 Å². The first-order chi connectivity index (χ1) is 18.8. The molecule has 2 atom stereocenters. The molecule has 6 nitrogen and oxygen atoms in total. The fraction of sp³-hybridized carbons (Fsp3) is 0.516. The van der Waals surface area contributed by atoms with E-state index in [0.29, 0.717) is 24.8 Å². The van der Waals surface area contributed by atoms with Crippen LogP contribution in [-0.2, 0) is 19.0 Å². The molecule has 1 aromatic carbocycles. The Bertz CT molecular complexity index is 1350. The van der Waals surface area contributed by atoms with Crippen molar-refractivity contribution in [3.63, 3.8) is 0 Å². The lowest BCUT2D eigenvalue weighted by atomic mass is 9.86.